The van der Waals surface area contributed by atoms with Crippen molar-refractivity contribution in [3.05, 3.63) is 56.6 Å². The fraction of sp³-hybridized carbons (Fsp3) is 0.692. The normalized spacial score (nSPS) is 27.0. The van der Waals surface area contributed by atoms with Gasteiger partial charge in [-0.25, -0.2) is 0 Å². The second-order valence-electron chi connectivity index (χ2n) is 15.3. The summed E-state index contributed by atoms with van der Waals surface area (Å²) in [5, 5.41) is 8.19. The van der Waals surface area contributed by atoms with Gasteiger partial charge >= 0.3 is 0 Å². The zero-order valence-corrected chi connectivity index (χ0v) is 28.7. The standard InChI is InChI=1S/C39H62N2/c1-22(2)34-15-13-24(5)17-36(34)40-38-26(7)19-32(28(9)30(38)11)21-33-20-27(8)39(31(12)29(33)10)41-37-18-25(6)14-16-35(37)23(3)4/h19-20,22-25,34-37,40-41H,13-18,21H2,1-12H3. The lowest BCUT2D eigenvalue weighted by Crippen LogP contribution is -2.38. The first-order chi connectivity index (χ1) is 19.3. The van der Waals surface area contributed by atoms with Gasteiger partial charge in [-0.2, -0.15) is 0 Å². The zero-order chi connectivity index (χ0) is 30.2. The molecule has 2 aromatic carbocycles. The van der Waals surface area contributed by atoms with E-state index in [4.69, 9.17) is 0 Å². The summed E-state index contributed by atoms with van der Waals surface area (Å²) in [7, 11) is 0. The molecule has 6 unspecified atom stereocenters. The van der Waals surface area contributed by atoms with E-state index in [1.54, 1.807) is 0 Å². The van der Waals surface area contributed by atoms with Crippen molar-refractivity contribution >= 4 is 11.4 Å². The van der Waals surface area contributed by atoms with E-state index in [9.17, 15) is 0 Å². The molecular weight excluding hydrogens is 496 g/mol. The van der Waals surface area contributed by atoms with Crippen molar-refractivity contribution in [3.8, 4) is 0 Å². The molecule has 6 atom stereocenters. The van der Waals surface area contributed by atoms with Gasteiger partial charge in [0.15, 0.2) is 0 Å². The minimum Gasteiger partial charge on any atom is -0.382 e. The maximum Gasteiger partial charge on any atom is 0.0404 e. The predicted molar refractivity (Wildman–Crippen MR) is 182 cm³/mol. The summed E-state index contributed by atoms with van der Waals surface area (Å²) in [5.41, 5.74) is 14.3. The summed E-state index contributed by atoms with van der Waals surface area (Å²) in [6.07, 6.45) is 9.05. The quantitative estimate of drug-likeness (QED) is 0.337. The van der Waals surface area contributed by atoms with E-state index in [1.807, 2.05) is 0 Å². The number of hydrogen-bond donors (Lipinski definition) is 2. The highest BCUT2D eigenvalue weighted by molar-refractivity contribution is 5.65. The number of rotatable bonds is 8. The van der Waals surface area contributed by atoms with Crippen molar-refractivity contribution in [2.24, 2.45) is 35.5 Å². The first kappa shape index (κ1) is 32.0. The monoisotopic (exact) mass is 558 g/mol. The summed E-state index contributed by atoms with van der Waals surface area (Å²) >= 11 is 0. The van der Waals surface area contributed by atoms with Crippen molar-refractivity contribution in [3.63, 3.8) is 0 Å². The largest absolute Gasteiger partial charge is 0.382 e. The van der Waals surface area contributed by atoms with E-state index in [0.29, 0.717) is 12.1 Å². The summed E-state index contributed by atoms with van der Waals surface area (Å²) in [5.74, 6) is 4.61. The van der Waals surface area contributed by atoms with Crippen LogP contribution in [0.2, 0.25) is 0 Å². The SMILES string of the molecule is Cc1cc(Cc2cc(C)c(NC3CC(C)CCC3C(C)C)c(C)c2C)c(C)c(C)c1NC1CC(C)CCC1C(C)C. The van der Waals surface area contributed by atoms with Crippen LogP contribution in [0, 0.1) is 77.0 Å². The number of aryl methyl sites for hydroxylation is 2. The molecule has 0 aliphatic heterocycles. The van der Waals surface area contributed by atoms with Crippen molar-refractivity contribution in [1.82, 2.24) is 0 Å². The van der Waals surface area contributed by atoms with Gasteiger partial charge in [-0.3, -0.25) is 0 Å². The van der Waals surface area contributed by atoms with Gasteiger partial charge in [0.05, 0.1) is 0 Å². The van der Waals surface area contributed by atoms with Gasteiger partial charge < -0.3 is 10.6 Å². The first-order valence-electron chi connectivity index (χ1n) is 17.0. The molecule has 2 aliphatic carbocycles. The minimum absolute atomic E-state index is 0.580. The van der Waals surface area contributed by atoms with Crippen LogP contribution in [-0.2, 0) is 6.42 Å². The van der Waals surface area contributed by atoms with Crippen LogP contribution in [0.25, 0.3) is 0 Å². The molecule has 0 bridgehead atoms. The molecular formula is C39H62N2. The number of benzene rings is 2. The predicted octanol–water partition coefficient (Wildman–Crippen LogP) is 10.9. The highest BCUT2D eigenvalue weighted by atomic mass is 14.9. The molecule has 2 saturated carbocycles. The van der Waals surface area contributed by atoms with Crippen molar-refractivity contribution in [1.29, 1.82) is 0 Å². The van der Waals surface area contributed by atoms with Crippen LogP contribution >= 0.6 is 0 Å². The third-order valence-corrected chi connectivity index (χ3v) is 11.5. The summed E-state index contributed by atoms with van der Waals surface area (Å²) in [4.78, 5) is 0. The second kappa shape index (κ2) is 13.1. The lowest BCUT2D eigenvalue weighted by atomic mass is 9.73. The van der Waals surface area contributed by atoms with Gasteiger partial charge in [-0.15, -0.1) is 0 Å². The molecule has 2 fully saturated rings. The number of nitrogens with one attached hydrogen (secondary N) is 2. The lowest BCUT2D eigenvalue weighted by Gasteiger charge is -2.39. The third-order valence-electron chi connectivity index (χ3n) is 11.5. The van der Waals surface area contributed by atoms with Crippen LogP contribution in [0.5, 0.6) is 0 Å². The Hall–Kier alpha value is -1.96. The lowest BCUT2D eigenvalue weighted by molar-refractivity contribution is 0.212. The Morgan fingerprint density at radius 3 is 1.29 bits per heavy atom. The number of hydrogen-bond acceptors (Lipinski definition) is 2. The van der Waals surface area contributed by atoms with Crippen LogP contribution in [0.15, 0.2) is 12.1 Å². The van der Waals surface area contributed by atoms with E-state index >= 15 is 0 Å². The average molecular weight is 559 g/mol. The average Bonchev–Trinajstić information content (AvgIpc) is 2.90. The maximum atomic E-state index is 4.09. The van der Waals surface area contributed by atoms with Crippen molar-refractivity contribution < 1.29 is 0 Å². The molecule has 2 aromatic rings. The highest BCUT2D eigenvalue weighted by Crippen LogP contribution is 2.40. The molecule has 0 spiro atoms. The van der Waals surface area contributed by atoms with E-state index in [1.165, 1.54) is 94.4 Å². The topological polar surface area (TPSA) is 24.1 Å². The van der Waals surface area contributed by atoms with Gasteiger partial charge in [0, 0.05) is 23.5 Å². The first-order valence-corrected chi connectivity index (χ1v) is 17.0. The molecule has 2 N–H and O–H groups in total. The Bertz CT molecular complexity index is 1110. The van der Waals surface area contributed by atoms with E-state index in [-0.39, 0.29) is 0 Å². The van der Waals surface area contributed by atoms with Gasteiger partial charge in [-0.1, -0.05) is 66.5 Å². The fourth-order valence-corrected chi connectivity index (χ4v) is 8.46. The van der Waals surface area contributed by atoms with Crippen LogP contribution in [-0.4, -0.2) is 12.1 Å². The molecule has 0 radical (unpaired) electrons. The Kier molecular flexibility index (Phi) is 10.2. The van der Waals surface area contributed by atoms with Gasteiger partial charge in [0.2, 0.25) is 0 Å². The Morgan fingerprint density at radius 2 is 0.951 bits per heavy atom. The van der Waals surface area contributed by atoms with E-state index in [0.717, 1.165) is 41.9 Å². The minimum atomic E-state index is 0.580. The highest BCUT2D eigenvalue weighted by Gasteiger charge is 2.32. The fourth-order valence-electron chi connectivity index (χ4n) is 8.46. The summed E-state index contributed by atoms with van der Waals surface area (Å²) < 4.78 is 0. The Balaban J connectivity index is 1.58. The molecule has 0 heterocycles. The molecule has 0 saturated heterocycles. The van der Waals surface area contributed by atoms with Crippen LogP contribution in [0.3, 0.4) is 0 Å². The summed E-state index contributed by atoms with van der Waals surface area (Å²) in [6.45, 7) is 28.5. The zero-order valence-electron chi connectivity index (χ0n) is 28.7. The molecule has 0 aromatic heterocycles. The van der Waals surface area contributed by atoms with Crippen LogP contribution < -0.4 is 10.6 Å². The smallest absolute Gasteiger partial charge is 0.0404 e. The second-order valence-corrected chi connectivity index (χ2v) is 15.3. The molecule has 0 amide bonds. The van der Waals surface area contributed by atoms with Crippen molar-refractivity contribution in [2.45, 2.75) is 140 Å². The van der Waals surface area contributed by atoms with E-state index in [2.05, 4.69) is 106 Å². The Morgan fingerprint density at radius 1 is 0.585 bits per heavy atom. The van der Waals surface area contributed by atoms with E-state index < -0.39 is 0 Å². The molecule has 41 heavy (non-hydrogen) atoms. The molecule has 228 valence electrons. The summed E-state index contributed by atoms with van der Waals surface area (Å²) in [6, 6.07) is 6.12. The molecule has 2 aliphatic rings. The molecule has 2 heteroatoms. The van der Waals surface area contributed by atoms with Gasteiger partial charge in [-0.05, 0) is 154 Å². The third kappa shape index (κ3) is 7.00. The van der Waals surface area contributed by atoms with Crippen molar-refractivity contribution in [2.75, 3.05) is 10.6 Å². The molecule has 2 nitrogen and oxygen atoms in total. The van der Waals surface area contributed by atoms with Crippen LogP contribution in [0.1, 0.15) is 125 Å². The van der Waals surface area contributed by atoms with Gasteiger partial charge in [0.1, 0.15) is 0 Å². The Labute approximate surface area is 253 Å². The van der Waals surface area contributed by atoms with Crippen LogP contribution in [0.4, 0.5) is 11.4 Å². The van der Waals surface area contributed by atoms with Gasteiger partial charge in [0.25, 0.3) is 0 Å². The molecule has 4 rings (SSSR count). The maximum absolute atomic E-state index is 4.09. The number of anilines is 2.